The minimum Gasteiger partial charge on any atom is -0.444 e. The minimum atomic E-state index is -0.495. The molecular weight excluding hydrogens is 324 g/mol. The number of guanidine groups is 1. The molecule has 3 N–H and O–H groups in total. The van der Waals surface area contributed by atoms with Crippen molar-refractivity contribution in [3.05, 3.63) is 11.7 Å². The fourth-order valence-electron chi connectivity index (χ4n) is 1.86. The van der Waals surface area contributed by atoms with Crippen molar-refractivity contribution in [3.63, 3.8) is 0 Å². The second kappa shape index (κ2) is 10.5. The first-order valence-electron chi connectivity index (χ1n) is 8.58. The van der Waals surface area contributed by atoms with E-state index < -0.39 is 11.7 Å². The van der Waals surface area contributed by atoms with Crippen LogP contribution in [0, 0.1) is 6.92 Å². The van der Waals surface area contributed by atoms with Gasteiger partial charge in [-0.25, -0.2) is 4.79 Å². The van der Waals surface area contributed by atoms with Crippen LogP contribution in [0.1, 0.15) is 45.8 Å². The van der Waals surface area contributed by atoms with Gasteiger partial charge in [-0.15, -0.1) is 0 Å². The Hall–Kier alpha value is -2.32. The van der Waals surface area contributed by atoms with E-state index in [1.54, 1.807) is 6.92 Å². The molecule has 1 amide bonds. The number of carbonyl (C=O) groups is 1. The SMILES string of the molecule is CCNC(=NCCCc1nc(C)no1)NCCNC(=O)OC(C)(C)C. The van der Waals surface area contributed by atoms with Crippen LogP contribution in [0.25, 0.3) is 0 Å². The van der Waals surface area contributed by atoms with E-state index in [9.17, 15) is 4.79 Å². The van der Waals surface area contributed by atoms with Gasteiger partial charge in [-0.3, -0.25) is 4.99 Å². The van der Waals surface area contributed by atoms with Crippen molar-refractivity contribution in [2.24, 2.45) is 4.99 Å². The lowest BCUT2D eigenvalue weighted by molar-refractivity contribution is 0.0529. The summed E-state index contributed by atoms with van der Waals surface area (Å²) in [4.78, 5) is 20.2. The van der Waals surface area contributed by atoms with Crippen molar-refractivity contribution >= 4 is 12.1 Å². The van der Waals surface area contributed by atoms with Crippen molar-refractivity contribution in [2.75, 3.05) is 26.2 Å². The molecule has 0 aliphatic rings. The minimum absolute atomic E-state index is 0.425. The second-order valence-electron chi connectivity index (χ2n) is 6.45. The molecule has 0 aliphatic carbocycles. The van der Waals surface area contributed by atoms with E-state index in [1.165, 1.54) is 0 Å². The van der Waals surface area contributed by atoms with Crippen LogP contribution >= 0.6 is 0 Å². The van der Waals surface area contributed by atoms with E-state index in [1.807, 2.05) is 27.7 Å². The Labute approximate surface area is 149 Å². The first-order valence-corrected chi connectivity index (χ1v) is 8.58. The number of hydrogen-bond acceptors (Lipinski definition) is 6. The lowest BCUT2D eigenvalue weighted by Gasteiger charge is -2.19. The van der Waals surface area contributed by atoms with E-state index in [0.717, 1.165) is 13.0 Å². The zero-order valence-electron chi connectivity index (χ0n) is 15.8. The number of aryl methyl sites for hydroxylation is 2. The standard InChI is InChI=1S/C16H30N6O3/c1-6-17-14(18-9-7-8-13-21-12(2)22-25-13)19-10-11-20-15(23)24-16(3,4)5/h6-11H2,1-5H3,(H,20,23)(H2,17,18,19). The van der Waals surface area contributed by atoms with Crippen LogP contribution in [0.3, 0.4) is 0 Å². The number of aromatic nitrogens is 2. The molecule has 142 valence electrons. The number of amides is 1. The summed E-state index contributed by atoms with van der Waals surface area (Å²) in [5, 5.41) is 12.8. The Morgan fingerprint density at radius 3 is 2.56 bits per heavy atom. The molecule has 0 saturated carbocycles. The molecule has 0 atom stereocenters. The monoisotopic (exact) mass is 354 g/mol. The smallest absolute Gasteiger partial charge is 0.407 e. The van der Waals surface area contributed by atoms with Crippen molar-refractivity contribution in [1.82, 2.24) is 26.1 Å². The van der Waals surface area contributed by atoms with E-state index in [0.29, 0.717) is 43.7 Å². The van der Waals surface area contributed by atoms with Crippen molar-refractivity contribution in [3.8, 4) is 0 Å². The van der Waals surface area contributed by atoms with Crippen LogP contribution < -0.4 is 16.0 Å². The van der Waals surface area contributed by atoms with Gasteiger partial charge in [0.1, 0.15) is 5.60 Å². The Bertz CT molecular complexity index is 550. The molecule has 0 radical (unpaired) electrons. The number of carbonyl (C=O) groups excluding carboxylic acids is 1. The molecular formula is C16H30N6O3. The first-order chi connectivity index (χ1) is 11.8. The molecule has 0 fully saturated rings. The summed E-state index contributed by atoms with van der Waals surface area (Å²) in [5.74, 6) is 1.98. The van der Waals surface area contributed by atoms with Crippen LogP contribution in [0.2, 0.25) is 0 Å². The maximum atomic E-state index is 11.5. The number of rotatable bonds is 8. The average Bonchev–Trinajstić information content (AvgIpc) is 2.91. The number of nitrogens with one attached hydrogen (secondary N) is 3. The Kier molecular flexibility index (Phi) is 8.73. The molecule has 1 rings (SSSR count). The second-order valence-corrected chi connectivity index (χ2v) is 6.45. The predicted molar refractivity (Wildman–Crippen MR) is 95.6 cm³/mol. The first kappa shape index (κ1) is 20.7. The summed E-state index contributed by atoms with van der Waals surface area (Å²) >= 11 is 0. The summed E-state index contributed by atoms with van der Waals surface area (Å²) in [5.41, 5.74) is -0.495. The highest BCUT2D eigenvalue weighted by atomic mass is 16.6. The summed E-state index contributed by atoms with van der Waals surface area (Å²) in [6.07, 6.45) is 1.09. The molecule has 1 heterocycles. The van der Waals surface area contributed by atoms with Gasteiger partial charge in [-0.2, -0.15) is 4.98 Å². The fraction of sp³-hybridized carbons (Fsp3) is 0.750. The van der Waals surface area contributed by atoms with Gasteiger partial charge < -0.3 is 25.2 Å². The van der Waals surface area contributed by atoms with Crippen LogP contribution in [0.15, 0.2) is 9.52 Å². The van der Waals surface area contributed by atoms with Crippen LogP contribution in [-0.4, -0.2) is 54.0 Å². The van der Waals surface area contributed by atoms with Gasteiger partial charge in [0.2, 0.25) is 5.89 Å². The predicted octanol–water partition coefficient (Wildman–Crippen LogP) is 1.39. The van der Waals surface area contributed by atoms with Crippen LogP contribution in [-0.2, 0) is 11.2 Å². The van der Waals surface area contributed by atoms with Crippen LogP contribution in [0.4, 0.5) is 4.79 Å². The van der Waals surface area contributed by atoms with E-state index >= 15 is 0 Å². The summed E-state index contributed by atoms with van der Waals surface area (Å²) in [6, 6.07) is 0. The number of hydrogen-bond donors (Lipinski definition) is 3. The third-order valence-electron chi connectivity index (χ3n) is 2.82. The number of ether oxygens (including phenoxy) is 1. The van der Waals surface area contributed by atoms with E-state index in [2.05, 4.69) is 31.1 Å². The average molecular weight is 354 g/mol. The number of nitrogens with zero attached hydrogens (tertiary/aromatic N) is 3. The molecule has 9 nitrogen and oxygen atoms in total. The fourth-order valence-corrected chi connectivity index (χ4v) is 1.86. The lowest BCUT2D eigenvalue weighted by atomic mass is 10.2. The van der Waals surface area contributed by atoms with Crippen molar-refractivity contribution in [2.45, 2.75) is 53.1 Å². The topological polar surface area (TPSA) is 114 Å². The van der Waals surface area contributed by atoms with E-state index in [4.69, 9.17) is 9.26 Å². The van der Waals surface area contributed by atoms with Gasteiger partial charge in [0.05, 0.1) is 0 Å². The van der Waals surface area contributed by atoms with Crippen molar-refractivity contribution in [1.29, 1.82) is 0 Å². The zero-order chi connectivity index (χ0) is 18.7. The van der Waals surface area contributed by atoms with E-state index in [-0.39, 0.29) is 0 Å². The molecule has 25 heavy (non-hydrogen) atoms. The normalized spacial score (nSPS) is 12.0. The number of aliphatic imine (C=N–C) groups is 1. The lowest BCUT2D eigenvalue weighted by Crippen LogP contribution is -2.42. The van der Waals surface area contributed by atoms with Gasteiger partial charge in [-0.05, 0) is 41.0 Å². The van der Waals surface area contributed by atoms with Gasteiger partial charge >= 0.3 is 6.09 Å². The Balaban J connectivity index is 2.25. The number of alkyl carbamates (subject to hydrolysis) is 1. The molecule has 0 aromatic carbocycles. The van der Waals surface area contributed by atoms with Crippen LogP contribution in [0.5, 0.6) is 0 Å². The molecule has 9 heteroatoms. The molecule has 0 unspecified atom stereocenters. The Morgan fingerprint density at radius 1 is 1.24 bits per heavy atom. The highest BCUT2D eigenvalue weighted by Crippen LogP contribution is 2.06. The molecule has 0 saturated heterocycles. The highest BCUT2D eigenvalue weighted by Gasteiger charge is 2.15. The molecule has 0 bridgehead atoms. The molecule has 1 aromatic heterocycles. The maximum absolute atomic E-state index is 11.5. The third-order valence-corrected chi connectivity index (χ3v) is 2.82. The highest BCUT2D eigenvalue weighted by molar-refractivity contribution is 5.79. The molecule has 0 spiro atoms. The molecule has 0 aliphatic heterocycles. The largest absolute Gasteiger partial charge is 0.444 e. The molecule has 1 aromatic rings. The third kappa shape index (κ3) is 10.2. The maximum Gasteiger partial charge on any atom is 0.407 e. The van der Waals surface area contributed by atoms with Gasteiger partial charge in [-0.1, -0.05) is 5.16 Å². The van der Waals surface area contributed by atoms with Gasteiger partial charge in [0, 0.05) is 32.6 Å². The van der Waals surface area contributed by atoms with Gasteiger partial charge in [0.15, 0.2) is 11.8 Å². The summed E-state index contributed by atoms with van der Waals surface area (Å²) < 4.78 is 10.2. The summed E-state index contributed by atoms with van der Waals surface area (Å²) in [7, 11) is 0. The Morgan fingerprint density at radius 2 is 1.96 bits per heavy atom. The summed E-state index contributed by atoms with van der Waals surface area (Å²) in [6.45, 7) is 11.7. The quantitative estimate of drug-likeness (QED) is 0.367. The van der Waals surface area contributed by atoms with Crippen molar-refractivity contribution < 1.29 is 14.1 Å². The van der Waals surface area contributed by atoms with Gasteiger partial charge in [0.25, 0.3) is 0 Å². The zero-order valence-corrected chi connectivity index (χ0v) is 15.8.